The van der Waals surface area contributed by atoms with Crippen LogP contribution in [0, 0.1) is 11.8 Å². The number of hydrogen-bond acceptors (Lipinski definition) is 4. The van der Waals surface area contributed by atoms with Crippen molar-refractivity contribution in [2.24, 2.45) is 16.8 Å². The first-order valence-electron chi connectivity index (χ1n) is 4.78. The minimum atomic E-state index is -2.91. The van der Waals surface area contributed by atoms with Gasteiger partial charge in [0.1, 0.15) is 0 Å². The average molecular weight is 231 g/mol. The van der Waals surface area contributed by atoms with Crippen molar-refractivity contribution < 1.29 is 8.42 Å². The summed E-state index contributed by atoms with van der Waals surface area (Å²) in [6.07, 6.45) is 4.16. The Bertz CT molecular complexity index is 384. The summed E-state index contributed by atoms with van der Waals surface area (Å²) in [4.78, 5) is 4.07. The van der Waals surface area contributed by atoms with Gasteiger partial charge in [0.15, 0.2) is 9.84 Å². The molecule has 0 aromatic carbocycles. The van der Waals surface area contributed by atoms with Crippen LogP contribution in [0.1, 0.15) is 19.3 Å². The molecule has 0 aromatic rings. The van der Waals surface area contributed by atoms with Gasteiger partial charge in [-0.25, -0.2) is 13.4 Å². The number of aliphatic imine (C=N–C) groups is 1. The lowest BCUT2D eigenvalue weighted by atomic mass is 9.95. The lowest BCUT2D eigenvalue weighted by molar-refractivity contribution is 0.416. The third-order valence-corrected chi connectivity index (χ3v) is 5.23. The van der Waals surface area contributed by atoms with Crippen molar-refractivity contribution in [1.82, 2.24) is 0 Å². The van der Waals surface area contributed by atoms with Crippen LogP contribution in [-0.4, -0.2) is 31.1 Å². The second-order valence-electron chi connectivity index (χ2n) is 4.39. The maximum atomic E-state index is 11.5. The van der Waals surface area contributed by atoms with Crippen LogP contribution < -0.4 is 0 Å². The molecule has 2 rings (SSSR count). The fraction of sp³-hybridized carbons (Fsp3) is 0.889. The zero-order chi connectivity index (χ0) is 10.3. The predicted molar refractivity (Wildman–Crippen MR) is 58.3 cm³/mol. The van der Waals surface area contributed by atoms with Crippen LogP contribution in [0.2, 0.25) is 0 Å². The Morgan fingerprint density at radius 3 is 2.57 bits per heavy atom. The Balaban J connectivity index is 2.23. The van der Waals surface area contributed by atoms with E-state index in [9.17, 15) is 8.42 Å². The molecule has 2 fully saturated rings. The van der Waals surface area contributed by atoms with Crippen LogP contribution in [-0.2, 0) is 9.84 Å². The first-order chi connectivity index (χ1) is 6.52. The van der Waals surface area contributed by atoms with Crippen molar-refractivity contribution in [3.05, 3.63) is 0 Å². The molecule has 2 bridgehead atoms. The zero-order valence-corrected chi connectivity index (χ0v) is 9.64. The molecule has 3 nitrogen and oxygen atoms in total. The third kappa shape index (κ3) is 1.64. The molecule has 0 saturated heterocycles. The zero-order valence-electron chi connectivity index (χ0n) is 8.01. The molecular formula is C9H13NO2S2. The smallest absolute Gasteiger partial charge is 0.150 e. The fourth-order valence-corrected chi connectivity index (χ4v) is 4.64. The molecule has 5 heteroatoms. The number of thiocarbonyl (C=S) groups is 1. The van der Waals surface area contributed by atoms with E-state index in [-0.39, 0.29) is 17.2 Å². The molecule has 0 amide bonds. The van der Waals surface area contributed by atoms with Crippen LogP contribution in [0.5, 0.6) is 0 Å². The fourth-order valence-electron chi connectivity index (χ4n) is 2.96. The summed E-state index contributed by atoms with van der Waals surface area (Å²) in [5, 5.41) is 2.20. The number of nitrogens with zero attached hydrogens (tertiary/aromatic N) is 1. The molecule has 2 aliphatic carbocycles. The normalized spacial score (nSPS) is 40.9. The summed E-state index contributed by atoms with van der Waals surface area (Å²) < 4.78 is 23.0. The van der Waals surface area contributed by atoms with Crippen LogP contribution in [0.3, 0.4) is 0 Å². The molecule has 0 aliphatic heterocycles. The molecule has 0 spiro atoms. The van der Waals surface area contributed by atoms with E-state index >= 15 is 0 Å². The Kier molecular flexibility index (Phi) is 2.50. The number of fused-ring (bicyclic) bond motifs is 2. The molecule has 0 N–H and O–H groups in total. The summed E-state index contributed by atoms with van der Waals surface area (Å²) >= 11 is 4.57. The van der Waals surface area contributed by atoms with E-state index in [1.807, 2.05) is 0 Å². The molecule has 0 aromatic heterocycles. The van der Waals surface area contributed by atoms with Gasteiger partial charge in [-0.3, -0.25) is 0 Å². The highest BCUT2D eigenvalue weighted by Gasteiger charge is 2.50. The van der Waals surface area contributed by atoms with Crippen molar-refractivity contribution in [2.75, 3.05) is 6.26 Å². The van der Waals surface area contributed by atoms with E-state index in [0.717, 1.165) is 19.3 Å². The number of sulfone groups is 1. The van der Waals surface area contributed by atoms with Crippen molar-refractivity contribution in [2.45, 2.75) is 30.6 Å². The van der Waals surface area contributed by atoms with Crippen LogP contribution in [0.25, 0.3) is 0 Å². The first-order valence-corrected chi connectivity index (χ1v) is 7.14. The van der Waals surface area contributed by atoms with Gasteiger partial charge in [0.05, 0.1) is 16.5 Å². The van der Waals surface area contributed by atoms with Crippen LogP contribution >= 0.6 is 12.2 Å². The van der Waals surface area contributed by atoms with E-state index in [2.05, 4.69) is 22.4 Å². The topological polar surface area (TPSA) is 46.5 Å². The molecule has 0 radical (unpaired) electrons. The van der Waals surface area contributed by atoms with Gasteiger partial charge in [-0.1, -0.05) is 0 Å². The Morgan fingerprint density at radius 1 is 1.36 bits per heavy atom. The highest BCUT2D eigenvalue weighted by molar-refractivity contribution is 7.91. The molecule has 0 heterocycles. The molecule has 14 heavy (non-hydrogen) atoms. The standard InChI is InChI=1S/C9H13NO2S2/c1-14(11,12)9-4-6-2-7(9)8(3-6)10-5-13/h6-9H,2-4H2,1H3/t6?,7?,8?,9-/m0/s1. The van der Waals surface area contributed by atoms with Crippen LogP contribution in [0.4, 0.5) is 0 Å². The highest BCUT2D eigenvalue weighted by atomic mass is 32.2. The van der Waals surface area contributed by atoms with E-state index in [0.29, 0.717) is 5.92 Å². The van der Waals surface area contributed by atoms with Gasteiger partial charge in [0.2, 0.25) is 0 Å². The lowest BCUT2D eigenvalue weighted by Crippen LogP contribution is -2.33. The molecule has 4 atom stereocenters. The highest BCUT2D eigenvalue weighted by Crippen LogP contribution is 2.48. The van der Waals surface area contributed by atoms with Crippen molar-refractivity contribution in [3.8, 4) is 0 Å². The number of isothiocyanates is 1. The molecule has 3 unspecified atom stereocenters. The molecular weight excluding hydrogens is 218 g/mol. The Labute approximate surface area is 89.5 Å². The average Bonchev–Trinajstić information content (AvgIpc) is 2.61. The number of rotatable bonds is 2. The lowest BCUT2D eigenvalue weighted by Gasteiger charge is -2.24. The summed E-state index contributed by atoms with van der Waals surface area (Å²) in [5.74, 6) is 0.738. The van der Waals surface area contributed by atoms with Gasteiger partial charge in [0, 0.05) is 6.26 Å². The van der Waals surface area contributed by atoms with E-state index < -0.39 is 9.84 Å². The van der Waals surface area contributed by atoms with E-state index in [1.54, 1.807) is 0 Å². The van der Waals surface area contributed by atoms with E-state index in [1.165, 1.54) is 6.26 Å². The van der Waals surface area contributed by atoms with Gasteiger partial charge < -0.3 is 0 Å². The largest absolute Gasteiger partial charge is 0.229 e. The Morgan fingerprint density at radius 2 is 2.07 bits per heavy atom. The van der Waals surface area contributed by atoms with Gasteiger partial charge in [-0.15, -0.1) is 0 Å². The van der Waals surface area contributed by atoms with Crippen molar-refractivity contribution >= 4 is 27.2 Å². The van der Waals surface area contributed by atoms with Gasteiger partial charge >= 0.3 is 0 Å². The minimum Gasteiger partial charge on any atom is -0.229 e. The molecule has 2 saturated carbocycles. The van der Waals surface area contributed by atoms with Gasteiger partial charge in [-0.05, 0) is 43.3 Å². The second-order valence-corrected chi connectivity index (χ2v) is 6.84. The summed E-state index contributed by atoms with van der Waals surface area (Å²) in [6, 6.07) is 0.117. The number of hydrogen-bond donors (Lipinski definition) is 0. The summed E-state index contributed by atoms with van der Waals surface area (Å²) in [6.45, 7) is 0. The molecule has 78 valence electrons. The second kappa shape index (κ2) is 3.40. The SMILES string of the molecule is CS(=O)(=O)[C@H]1CC2CC(N=C=S)C1C2. The summed E-state index contributed by atoms with van der Waals surface area (Å²) in [7, 11) is -2.91. The van der Waals surface area contributed by atoms with Crippen molar-refractivity contribution in [3.63, 3.8) is 0 Å². The van der Waals surface area contributed by atoms with Crippen molar-refractivity contribution in [1.29, 1.82) is 0 Å². The van der Waals surface area contributed by atoms with E-state index in [4.69, 9.17) is 0 Å². The molecule has 2 aliphatic rings. The Hall–Kier alpha value is -0.250. The maximum Gasteiger partial charge on any atom is 0.150 e. The predicted octanol–water partition coefficient (Wildman–Crippen LogP) is 1.30. The maximum absolute atomic E-state index is 11.5. The monoisotopic (exact) mass is 231 g/mol. The van der Waals surface area contributed by atoms with Crippen LogP contribution in [0.15, 0.2) is 4.99 Å². The third-order valence-electron chi connectivity index (χ3n) is 3.49. The first kappa shape index (κ1) is 10.3. The van der Waals surface area contributed by atoms with Gasteiger partial charge in [-0.2, -0.15) is 0 Å². The van der Waals surface area contributed by atoms with Gasteiger partial charge in [0.25, 0.3) is 0 Å². The quantitative estimate of drug-likeness (QED) is 0.531. The minimum absolute atomic E-state index is 0.117. The summed E-state index contributed by atoms with van der Waals surface area (Å²) in [5.41, 5.74) is 0.